The maximum absolute atomic E-state index is 6.13. The summed E-state index contributed by atoms with van der Waals surface area (Å²) in [6.45, 7) is 1.77. The van der Waals surface area contributed by atoms with E-state index < -0.39 is 0 Å². The number of rotatable bonds is 7. The lowest BCUT2D eigenvalue weighted by molar-refractivity contribution is 0.363. The van der Waals surface area contributed by atoms with Crippen LogP contribution >= 0.6 is 11.6 Å². The third kappa shape index (κ3) is 4.87. The molecule has 0 saturated carbocycles. The average molecular weight is 365 g/mol. The lowest BCUT2D eigenvalue weighted by Gasteiger charge is -2.36. The molecule has 3 aromatic rings. The van der Waals surface area contributed by atoms with E-state index >= 15 is 0 Å². The topological polar surface area (TPSA) is 6.48 Å². The van der Waals surface area contributed by atoms with Gasteiger partial charge in [0.2, 0.25) is 0 Å². The molecule has 2 nitrogen and oxygen atoms in total. The molecule has 1 unspecified atom stereocenters. The highest BCUT2D eigenvalue weighted by atomic mass is 35.5. The average Bonchev–Trinajstić information content (AvgIpc) is 2.67. The van der Waals surface area contributed by atoms with E-state index in [0.29, 0.717) is 0 Å². The van der Waals surface area contributed by atoms with E-state index in [0.717, 1.165) is 18.1 Å². The maximum atomic E-state index is 6.13. The van der Waals surface area contributed by atoms with Gasteiger partial charge in [0.05, 0.1) is 6.04 Å². The van der Waals surface area contributed by atoms with Gasteiger partial charge in [-0.1, -0.05) is 72.3 Å². The zero-order chi connectivity index (χ0) is 18.4. The molecule has 3 heteroatoms. The van der Waals surface area contributed by atoms with Crippen molar-refractivity contribution in [3.05, 3.63) is 101 Å². The zero-order valence-electron chi connectivity index (χ0n) is 15.3. The van der Waals surface area contributed by atoms with Crippen molar-refractivity contribution >= 4 is 17.3 Å². The number of benzene rings is 3. The van der Waals surface area contributed by atoms with E-state index in [2.05, 4.69) is 96.7 Å². The quantitative estimate of drug-likeness (QED) is 0.534. The van der Waals surface area contributed by atoms with Crippen LogP contribution < -0.4 is 4.90 Å². The van der Waals surface area contributed by atoms with Crippen molar-refractivity contribution in [2.75, 3.05) is 25.5 Å². The Labute approximate surface area is 161 Å². The summed E-state index contributed by atoms with van der Waals surface area (Å²) >= 11 is 6.13. The Hall–Kier alpha value is -2.29. The normalized spacial score (nSPS) is 12.2. The number of hydrogen-bond acceptors (Lipinski definition) is 2. The summed E-state index contributed by atoms with van der Waals surface area (Å²) in [6, 6.07) is 29.7. The fourth-order valence-electron chi connectivity index (χ4n) is 3.20. The molecule has 0 aromatic heterocycles. The third-order valence-corrected chi connectivity index (χ3v) is 4.70. The standard InChI is InChI=1S/C23H25ClN2/c1-25(2)18-23(20-11-7-4-8-12-20)26(17-19-9-5-3-6-10-19)22-15-13-21(24)14-16-22/h3-16,23H,17-18H2,1-2H3. The van der Waals surface area contributed by atoms with Crippen molar-refractivity contribution in [2.24, 2.45) is 0 Å². The molecule has 0 aliphatic rings. The van der Waals surface area contributed by atoms with Gasteiger partial charge in [0.15, 0.2) is 0 Å². The molecule has 0 radical (unpaired) electrons. The summed E-state index contributed by atoms with van der Waals surface area (Å²) in [4.78, 5) is 4.70. The van der Waals surface area contributed by atoms with Crippen LogP contribution in [0.2, 0.25) is 5.02 Å². The Morgan fingerprint density at radius 1 is 0.769 bits per heavy atom. The molecule has 3 rings (SSSR count). The molecule has 0 fully saturated rings. The Balaban J connectivity index is 2.02. The van der Waals surface area contributed by atoms with Crippen molar-refractivity contribution in [3.8, 4) is 0 Å². The summed E-state index contributed by atoms with van der Waals surface area (Å²) in [7, 11) is 4.25. The number of halogens is 1. The lowest BCUT2D eigenvalue weighted by Crippen LogP contribution is -2.35. The van der Waals surface area contributed by atoms with Gasteiger partial charge in [-0.2, -0.15) is 0 Å². The van der Waals surface area contributed by atoms with E-state index in [1.54, 1.807) is 0 Å². The molecule has 134 valence electrons. The van der Waals surface area contributed by atoms with Crippen molar-refractivity contribution in [1.29, 1.82) is 0 Å². The van der Waals surface area contributed by atoms with Crippen LogP contribution in [0.3, 0.4) is 0 Å². The Morgan fingerprint density at radius 3 is 1.92 bits per heavy atom. The van der Waals surface area contributed by atoms with Gasteiger partial charge < -0.3 is 9.80 Å². The van der Waals surface area contributed by atoms with Crippen LogP contribution in [0.5, 0.6) is 0 Å². The van der Waals surface area contributed by atoms with Gasteiger partial charge in [-0.15, -0.1) is 0 Å². The molecule has 1 atom stereocenters. The SMILES string of the molecule is CN(C)CC(c1ccccc1)N(Cc1ccccc1)c1ccc(Cl)cc1. The summed E-state index contributed by atoms with van der Waals surface area (Å²) < 4.78 is 0. The molecule has 3 aromatic carbocycles. The van der Waals surface area contributed by atoms with E-state index in [1.165, 1.54) is 16.8 Å². The van der Waals surface area contributed by atoms with Crippen molar-refractivity contribution in [3.63, 3.8) is 0 Å². The predicted octanol–water partition coefficient (Wildman–Crippen LogP) is 5.65. The first kappa shape index (κ1) is 18.5. The molecule has 0 N–H and O–H groups in total. The van der Waals surface area contributed by atoms with Crippen LogP contribution in [0.1, 0.15) is 17.2 Å². The molecule has 0 aliphatic heterocycles. The summed E-state index contributed by atoms with van der Waals surface area (Å²) in [5, 5.41) is 0.761. The van der Waals surface area contributed by atoms with E-state index in [4.69, 9.17) is 11.6 Å². The summed E-state index contributed by atoms with van der Waals surface area (Å²) in [6.07, 6.45) is 0. The highest BCUT2D eigenvalue weighted by Gasteiger charge is 2.22. The molecule has 0 heterocycles. The van der Waals surface area contributed by atoms with Crippen molar-refractivity contribution < 1.29 is 0 Å². The summed E-state index contributed by atoms with van der Waals surface area (Å²) in [5.41, 5.74) is 3.78. The van der Waals surface area contributed by atoms with Gasteiger partial charge in [0.1, 0.15) is 0 Å². The minimum absolute atomic E-state index is 0.243. The number of hydrogen-bond donors (Lipinski definition) is 0. The first-order valence-electron chi connectivity index (χ1n) is 8.89. The van der Waals surface area contributed by atoms with Crippen LogP contribution in [0.15, 0.2) is 84.9 Å². The van der Waals surface area contributed by atoms with E-state index in [9.17, 15) is 0 Å². The number of anilines is 1. The molecule has 0 saturated heterocycles. The largest absolute Gasteiger partial charge is 0.359 e. The van der Waals surface area contributed by atoms with Gasteiger partial charge in [-0.05, 0) is 49.5 Å². The minimum atomic E-state index is 0.243. The molecule has 0 bridgehead atoms. The second-order valence-electron chi connectivity index (χ2n) is 6.78. The van der Waals surface area contributed by atoms with Crippen LogP contribution in [-0.4, -0.2) is 25.5 Å². The van der Waals surface area contributed by atoms with Gasteiger partial charge in [0.25, 0.3) is 0 Å². The smallest absolute Gasteiger partial charge is 0.0673 e. The van der Waals surface area contributed by atoms with Crippen LogP contribution in [0.4, 0.5) is 5.69 Å². The van der Waals surface area contributed by atoms with Gasteiger partial charge in [-0.3, -0.25) is 0 Å². The molecule has 0 spiro atoms. The van der Waals surface area contributed by atoms with E-state index in [-0.39, 0.29) is 6.04 Å². The Kier molecular flexibility index (Phi) is 6.32. The molecular weight excluding hydrogens is 340 g/mol. The van der Waals surface area contributed by atoms with Crippen molar-refractivity contribution in [2.45, 2.75) is 12.6 Å². The van der Waals surface area contributed by atoms with Gasteiger partial charge in [-0.25, -0.2) is 0 Å². The number of nitrogens with zero attached hydrogens (tertiary/aromatic N) is 2. The first-order chi connectivity index (χ1) is 12.6. The van der Waals surface area contributed by atoms with Crippen LogP contribution in [0.25, 0.3) is 0 Å². The fraction of sp³-hybridized carbons (Fsp3) is 0.217. The first-order valence-corrected chi connectivity index (χ1v) is 9.27. The van der Waals surface area contributed by atoms with E-state index in [1.807, 2.05) is 12.1 Å². The molecule has 26 heavy (non-hydrogen) atoms. The minimum Gasteiger partial charge on any atom is -0.359 e. The highest BCUT2D eigenvalue weighted by molar-refractivity contribution is 6.30. The number of likely N-dealkylation sites (N-methyl/N-ethyl adjacent to an activating group) is 1. The third-order valence-electron chi connectivity index (χ3n) is 4.45. The van der Waals surface area contributed by atoms with Crippen LogP contribution in [-0.2, 0) is 6.54 Å². The Bertz CT molecular complexity index is 785. The predicted molar refractivity (Wildman–Crippen MR) is 112 cm³/mol. The van der Waals surface area contributed by atoms with Gasteiger partial charge in [0, 0.05) is 23.8 Å². The molecular formula is C23H25ClN2. The Morgan fingerprint density at radius 2 is 1.35 bits per heavy atom. The fourth-order valence-corrected chi connectivity index (χ4v) is 3.33. The van der Waals surface area contributed by atoms with Crippen LogP contribution in [0, 0.1) is 0 Å². The summed E-state index contributed by atoms with van der Waals surface area (Å²) in [5.74, 6) is 0. The molecule has 0 amide bonds. The zero-order valence-corrected chi connectivity index (χ0v) is 16.1. The second kappa shape index (κ2) is 8.88. The second-order valence-corrected chi connectivity index (χ2v) is 7.22. The van der Waals surface area contributed by atoms with Crippen molar-refractivity contribution in [1.82, 2.24) is 4.90 Å². The lowest BCUT2D eigenvalue weighted by atomic mass is 10.0. The highest BCUT2D eigenvalue weighted by Crippen LogP contribution is 2.30. The van der Waals surface area contributed by atoms with Gasteiger partial charge >= 0.3 is 0 Å². The monoisotopic (exact) mass is 364 g/mol. The maximum Gasteiger partial charge on any atom is 0.0673 e. The molecule has 0 aliphatic carbocycles.